The van der Waals surface area contributed by atoms with Crippen molar-refractivity contribution in [2.75, 3.05) is 4.72 Å². The Morgan fingerprint density at radius 2 is 1.77 bits per heavy atom. The van der Waals surface area contributed by atoms with Crippen molar-refractivity contribution in [2.45, 2.75) is 37.8 Å². The Morgan fingerprint density at radius 1 is 1.10 bits per heavy atom. The van der Waals surface area contributed by atoms with Gasteiger partial charge in [-0.05, 0) is 31.5 Å². The molecule has 0 bridgehead atoms. The lowest BCUT2D eigenvalue weighted by molar-refractivity contribution is -0.198. The highest BCUT2D eigenvalue weighted by Crippen LogP contribution is 2.38. The monoisotopic (exact) mass is 440 g/mol. The molecule has 11 heteroatoms. The molecule has 1 aromatic carbocycles. The quantitative estimate of drug-likeness (QED) is 0.590. The molecule has 30 heavy (non-hydrogen) atoms. The van der Waals surface area contributed by atoms with Gasteiger partial charge >= 0.3 is 6.18 Å². The van der Waals surface area contributed by atoms with Gasteiger partial charge in [0.1, 0.15) is 0 Å². The maximum atomic E-state index is 13.7. The minimum atomic E-state index is -4.80. The number of ether oxygens (including phenoxy) is 1. The van der Waals surface area contributed by atoms with E-state index < -0.39 is 39.3 Å². The molecule has 7 nitrogen and oxygen atoms in total. The van der Waals surface area contributed by atoms with Gasteiger partial charge in [0.15, 0.2) is 0 Å². The van der Waals surface area contributed by atoms with Crippen molar-refractivity contribution in [1.82, 2.24) is 15.0 Å². The first-order valence-electron chi connectivity index (χ1n) is 9.03. The maximum Gasteiger partial charge on any atom is 0.429 e. The summed E-state index contributed by atoms with van der Waals surface area (Å²) in [4.78, 5) is 11.9. The van der Waals surface area contributed by atoms with Crippen molar-refractivity contribution in [1.29, 1.82) is 0 Å². The zero-order valence-electron chi connectivity index (χ0n) is 16.1. The van der Waals surface area contributed by atoms with E-state index in [1.807, 2.05) is 0 Å². The fourth-order valence-electron chi connectivity index (χ4n) is 2.55. The molecular weight excluding hydrogens is 421 g/mol. The van der Waals surface area contributed by atoms with Crippen molar-refractivity contribution in [3.05, 3.63) is 54.4 Å². The van der Waals surface area contributed by atoms with E-state index in [-0.39, 0.29) is 11.1 Å². The van der Waals surface area contributed by atoms with Crippen LogP contribution in [0.4, 0.5) is 19.0 Å². The Labute approximate surface area is 171 Å². The van der Waals surface area contributed by atoms with Crippen molar-refractivity contribution >= 4 is 26.9 Å². The standard InChI is InChI=1S/C19H19F3N4O3S/c1-3-12(2)30(27,28)26-17-18(25-15-9-5-4-8-14(15)24-17)29-16(19(20,21)22)13-7-6-10-23-11-13/h4-12,16H,3H2,1-2H3,(H,24,26). The first-order valence-corrected chi connectivity index (χ1v) is 10.6. The van der Waals surface area contributed by atoms with Gasteiger partial charge in [-0.3, -0.25) is 9.71 Å². The Hall–Kier alpha value is -2.95. The zero-order chi connectivity index (χ0) is 21.9. The topological polar surface area (TPSA) is 94.1 Å². The molecule has 0 spiro atoms. The SMILES string of the molecule is CCC(C)S(=O)(=O)Nc1nc2ccccc2nc1OC(c1cccnc1)C(F)(F)F. The van der Waals surface area contributed by atoms with Crippen LogP contribution in [-0.2, 0) is 10.0 Å². The van der Waals surface area contributed by atoms with E-state index in [2.05, 4.69) is 19.7 Å². The summed E-state index contributed by atoms with van der Waals surface area (Å²) in [6.07, 6.45) is -4.56. The number of nitrogens with zero attached hydrogens (tertiary/aromatic N) is 3. The van der Waals surface area contributed by atoms with Gasteiger partial charge in [-0.2, -0.15) is 13.2 Å². The van der Waals surface area contributed by atoms with E-state index in [0.29, 0.717) is 11.9 Å². The number of aromatic nitrogens is 3. The molecule has 0 aliphatic rings. The molecule has 3 rings (SSSR count). The van der Waals surface area contributed by atoms with Crippen molar-refractivity contribution in [3.63, 3.8) is 0 Å². The van der Waals surface area contributed by atoms with Crippen LogP contribution in [0.15, 0.2) is 48.8 Å². The third-order valence-corrected chi connectivity index (χ3v) is 6.27. The van der Waals surface area contributed by atoms with Gasteiger partial charge in [0.05, 0.1) is 16.3 Å². The van der Waals surface area contributed by atoms with Crippen LogP contribution in [0.25, 0.3) is 11.0 Å². The predicted octanol–water partition coefficient (Wildman–Crippen LogP) is 4.25. The van der Waals surface area contributed by atoms with Gasteiger partial charge in [-0.25, -0.2) is 18.4 Å². The van der Waals surface area contributed by atoms with E-state index >= 15 is 0 Å². The number of fused-ring (bicyclic) bond motifs is 1. The molecule has 2 atom stereocenters. The largest absolute Gasteiger partial charge is 0.457 e. The molecule has 2 unspecified atom stereocenters. The Balaban J connectivity index is 2.10. The van der Waals surface area contributed by atoms with E-state index in [9.17, 15) is 21.6 Å². The van der Waals surface area contributed by atoms with Crippen LogP contribution in [0.5, 0.6) is 5.88 Å². The highest BCUT2D eigenvalue weighted by atomic mass is 32.2. The van der Waals surface area contributed by atoms with Crippen LogP contribution in [0.1, 0.15) is 31.9 Å². The highest BCUT2D eigenvalue weighted by Gasteiger charge is 2.44. The molecule has 0 fully saturated rings. The molecule has 0 radical (unpaired) electrons. The van der Waals surface area contributed by atoms with Gasteiger partial charge in [-0.1, -0.05) is 25.1 Å². The number of para-hydroxylation sites is 2. The van der Waals surface area contributed by atoms with E-state index in [0.717, 1.165) is 6.20 Å². The summed E-state index contributed by atoms with van der Waals surface area (Å²) < 4.78 is 73.6. The number of hydrogen-bond donors (Lipinski definition) is 1. The third kappa shape index (κ3) is 4.78. The highest BCUT2D eigenvalue weighted by molar-refractivity contribution is 7.93. The molecular formula is C19H19F3N4O3S. The van der Waals surface area contributed by atoms with Gasteiger partial charge in [0.25, 0.3) is 5.88 Å². The van der Waals surface area contributed by atoms with Gasteiger partial charge in [0, 0.05) is 18.0 Å². The number of halogens is 3. The molecule has 3 aromatic rings. The van der Waals surface area contributed by atoms with Crippen LogP contribution in [0.3, 0.4) is 0 Å². The van der Waals surface area contributed by atoms with Gasteiger partial charge in [-0.15, -0.1) is 0 Å². The number of sulfonamides is 1. The smallest absolute Gasteiger partial charge is 0.429 e. The second-order valence-electron chi connectivity index (χ2n) is 6.56. The minimum absolute atomic E-state index is 0.254. The number of benzene rings is 1. The predicted molar refractivity (Wildman–Crippen MR) is 105 cm³/mol. The molecule has 2 heterocycles. The summed E-state index contributed by atoms with van der Waals surface area (Å²) in [6, 6.07) is 8.94. The van der Waals surface area contributed by atoms with E-state index in [1.165, 1.54) is 31.3 Å². The van der Waals surface area contributed by atoms with E-state index in [4.69, 9.17) is 4.74 Å². The first-order chi connectivity index (χ1) is 14.1. The Kier molecular flexibility index (Phi) is 6.11. The number of rotatable bonds is 7. The number of pyridine rings is 1. The molecule has 0 aliphatic carbocycles. The number of nitrogens with one attached hydrogen (secondary N) is 1. The number of anilines is 1. The molecule has 160 valence electrons. The van der Waals surface area contributed by atoms with Crippen LogP contribution in [0, 0.1) is 0 Å². The normalized spacial score (nSPS) is 14.3. The Morgan fingerprint density at radius 3 is 2.33 bits per heavy atom. The maximum absolute atomic E-state index is 13.7. The van der Waals surface area contributed by atoms with Crippen molar-refractivity contribution < 1.29 is 26.3 Å². The Bertz CT molecular complexity index is 1120. The van der Waals surface area contributed by atoms with Crippen LogP contribution in [0.2, 0.25) is 0 Å². The zero-order valence-corrected chi connectivity index (χ0v) is 16.9. The summed E-state index contributed by atoms with van der Waals surface area (Å²) in [6.45, 7) is 3.15. The lowest BCUT2D eigenvalue weighted by Crippen LogP contribution is -2.28. The summed E-state index contributed by atoms with van der Waals surface area (Å²) in [5, 5.41) is -0.796. The third-order valence-electron chi connectivity index (χ3n) is 4.40. The average Bonchev–Trinajstić information content (AvgIpc) is 2.70. The molecule has 0 amide bonds. The molecule has 0 saturated heterocycles. The van der Waals surface area contributed by atoms with Gasteiger partial charge < -0.3 is 4.74 Å². The molecule has 1 N–H and O–H groups in total. The van der Waals surface area contributed by atoms with Gasteiger partial charge in [0.2, 0.25) is 21.9 Å². The first kappa shape index (κ1) is 21.8. The van der Waals surface area contributed by atoms with Crippen molar-refractivity contribution in [3.8, 4) is 5.88 Å². The summed E-state index contributed by atoms with van der Waals surface area (Å²) in [7, 11) is -3.92. The molecule has 2 aromatic heterocycles. The summed E-state index contributed by atoms with van der Waals surface area (Å²) >= 11 is 0. The van der Waals surface area contributed by atoms with Crippen LogP contribution in [-0.4, -0.2) is 34.8 Å². The fraction of sp³-hybridized carbons (Fsp3) is 0.316. The second-order valence-corrected chi connectivity index (χ2v) is 8.66. The molecule has 0 aliphatic heterocycles. The van der Waals surface area contributed by atoms with Crippen LogP contribution >= 0.6 is 0 Å². The minimum Gasteiger partial charge on any atom is -0.457 e. The lowest BCUT2D eigenvalue weighted by Gasteiger charge is -2.23. The van der Waals surface area contributed by atoms with Crippen molar-refractivity contribution in [2.24, 2.45) is 0 Å². The van der Waals surface area contributed by atoms with E-state index in [1.54, 1.807) is 25.1 Å². The summed E-state index contributed by atoms with van der Waals surface area (Å²) in [5.74, 6) is -0.987. The number of hydrogen-bond acceptors (Lipinski definition) is 6. The fourth-order valence-corrected chi connectivity index (χ4v) is 3.60. The average molecular weight is 440 g/mol. The second kappa shape index (κ2) is 8.42. The molecule has 0 saturated carbocycles. The van der Waals surface area contributed by atoms with Crippen LogP contribution < -0.4 is 9.46 Å². The number of alkyl halides is 3. The lowest BCUT2D eigenvalue weighted by atomic mass is 10.1. The summed E-state index contributed by atoms with van der Waals surface area (Å²) in [5.41, 5.74) is 0.304.